The molecule has 7 nitrogen and oxygen atoms in total. The molecule has 1 unspecified atom stereocenters. The zero-order valence-electron chi connectivity index (χ0n) is 17.4. The molecule has 0 fully saturated rings. The maximum Gasteiger partial charge on any atom is 0.191 e. The second kappa shape index (κ2) is 12.2. The van der Waals surface area contributed by atoms with Crippen LogP contribution in [0, 0.1) is 6.92 Å². The molecule has 2 rings (SSSR count). The maximum absolute atomic E-state index is 10.7. The van der Waals surface area contributed by atoms with Gasteiger partial charge in [0.05, 0.1) is 19.3 Å². The molecule has 0 amide bonds. The minimum Gasteiger partial charge on any atom is -0.493 e. The fraction of sp³-hybridized carbons (Fsp3) is 0.500. The summed E-state index contributed by atoms with van der Waals surface area (Å²) in [7, 11) is 1.82. The van der Waals surface area contributed by atoms with Crippen LogP contribution in [0.1, 0.15) is 31.4 Å². The molecule has 162 valence electrons. The van der Waals surface area contributed by atoms with Crippen molar-refractivity contribution in [3.05, 3.63) is 46.7 Å². The van der Waals surface area contributed by atoms with Crippen LogP contribution in [0.4, 0.5) is 0 Å². The summed E-state index contributed by atoms with van der Waals surface area (Å²) in [4.78, 5) is 4.50. The highest BCUT2D eigenvalue weighted by molar-refractivity contribution is 14.0. The zero-order valence-corrected chi connectivity index (χ0v) is 20.5. The van der Waals surface area contributed by atoms with E-state index < -0.39 is 5.60 Å². The molecule has 0 spiro atoms. The molecule has 0 aliphatic heterocycles. The molecule has 0 aliphatic rings. The van der Waals surface area contributed by atoms with E-state index in [1.54, 1.807) is 24.0 Å². The molecule has 0 saturated heterocycles. The number of nitrogens with zero attached hydrogens (tertiary/aromatic N) is 3. The van der Waals surface area contributed by atoms with Crippen LogP contribution in [-0.2, 0) is 12.6 Å². The van der Waals surface area contributed by atoms with Gasteiger partial charge in [0.15, 0.2) is 5.96 Å². The molecule has 0 bridgehead atoms. The third-order valence-corrected chi connectivity index (χ3v) is 4.46. The van der Waals surface area contributed by atoms with Crippen LogP contribution in [0.15, 0.2) is 35.6 Å². The van der Waals surface area contributed by atoms with E-state index in [4.69, 9.17) is 16.3 Å². The molecule has 1 atom stereocenters. The van der Waals surface area contributed by atoms with Gasteiger partial charge in [-0.15, -0.1) is 24.0 Å². The predicted molar refractivity (Wildman–Crippen MR) is 128 cm³/mol. The second-order valence-electron chi connectivity index (χ2n) is 6.91. The molecule has 1 heterocycles. The topological polar surface area (TPSA) is 83.7 Å². The standard InChI is InChI=1S/C20H30ClN5O2.HI/c1-5-22-19(24-14-20(3,27)16-12-25-26(4)13-16)23-9-6-10-28-18-8-7-17(21)11-15(18)2;/h7-8,11-13,27H,5-6,9-10,14H2,1-4H3,(H2,22,23,24);1H. The van der Waals surface area contributed by atoms with Gasteiger partial charge in [-0.05, 0) is 51.0 Å². The lowest BCUT2D eigenvalue weighted by molar-refractivity contribution is 0.0672. The van der Waals surface area contributed by atoms with Crippen LogP contribution >= 0.6 is 35.6 Å². The summed E-state index contributed by atoms with van der Waals surface area (Å²) in [5, 5.41) is 21.9. The number of benzene rings is 1. The van der Waals surface area contributed by atoms with E-state index in [2.05, 4.69) is 20.7 Å². The maximum atomic E-state index is 10.7. The van der Waals surface area contributed by atoms with Crippen LogP contribution < -0.4 is 15.4 Å². The molecule has 0 aliphatic carbocycles. The monoisotopic (exact) mass is 535 g/mol. The Bertz CT molecular complexity index is 795. The third kappa shape index (κ3) is 8.39. The van der Waals surface area contributed by atoms with Crippen molar-refractivity contribution in [2.75, 3.05) is 26.2 Å². The number of hydrogen-bond acceptors (Lipinski definition) is 4. The molecule has 0 radical (unpaired) electrons. The minimum absolute atomic E-state index is 0. The summed E-state index contributed by atoms with van der Waals surface area (Å²) in [5.74, 6) is 1.51. The number of ether oxygens (including phenoxy) is 1. The molecule has 29 heavy (non-hydrogen) atoms. The van der Waals surface area contributed by atoms with Gasteiger partial charge >= 0.3 is 0 Å². The summed E-state index contributed by atoms with van der Waals surface area (Å²) >= 11 is 5.96. The largest absolute Gasteiger partial charge is 0.493 e. The predicted octanol–water partition coefficient (Wildman–Crippen LogP) is 3.23. The van der Waals surface area contributed by atoms with Crippen molar-refractivity contribution in [3.63, 3.8) is 0 Å². The van der Waals surface area contributed by atoms with Crippen molar-refractivity contribution in [1.82, 2.24) is 20.4 Å². The van der Waals surface area contributed by atoms with Crippen molar-refractivity contribution in [2.45, 2.75) is 32.8 Å². The van der Waals surface area contributed by atoms with Crippen LogP contribution in [-0.4, -0.2) is 47.1 Å². The lowest BCUT2D eigenvalue weighted by Gasteiger charge is -2.20. The average molecular weight is 536 g/mol. The Labute approximate surface area is 194 Å². The Morgan fingerprint density at radius 3 is 2.76 bits per heavy atom. The molecule has 2 aromatic rings. The summed E-state index contributed by atoms with van der Waals surface area (Å²) in [6, 6.07) is 5.60. The van der Waals surface area contributed by atoms with Gasteiger partial charge in [-0.2, -0.15) is 5.10 Å². The fourth-order valence-corrected chi connectivity index (χ4v) is 2.83. The zero-order chi connectivity index (χ0) is 20.6. The van der Waals surface area contributed by atoms with Gasteiger partial charge < -0.3 is 20.5 Å². The smallest absolute Gasteiger partial charge is 0.191 e. The highest BCUT2D eigenvalue weighted by Gasteiger charge is 2.24. The molecule has 0 saturated carbocycles. The first-order valence-corrected chi connectivity index (χ1v) is 9.82. The van der Waals surface area contributed by atoms with Gasteiger partial charge in [-0.3, -0.25) is 4.68 Å². The summed E-state index contributed by atoms with van der Waals surface area (Å²) < 4.78 is 7.47. The highest BCUT2D eigenvalue weighted by atomic mass is 127. The fourth-order valence-electron chi connectivity index (χ4n) is 2.60. The van der Waals surface area contributed by atoms with E-state index >= 15 is 0 Å². The normalized spacial score (nSPS) is 13.4. The first-order chi connectivity index (χ1) is 13.3. The summed E-state index contributed by atoms with van der Waals surface area (Å²) in [5.41, 5.74) is 0.681. The Balaban J connectivity index is 0.00000420. The van der Waals surface area contributed by atoms with Gasteiger partial charge in [0, 0.05) is 36.9 Å². The van der Waals surface area contributed by atoms with Crippen molar-refractivity contribution in [2.24, 2.45) is 12.0 Å². The van der Waals surface area contributed by atoms with Gasteiger partial charge in [-0.1, -0.05) is 11.6 Å². The number of nitrogens with one attached hydrogen (secondary N) is 2. The number of halogens is 2. The lowest BCUT2D eigenvalue weighted by atomic mass is 10.0. The van der Waals surface area contributed by atoms with E-state index in [-0.39, 0.29) is 30.5 Å². The Morgan fingerprint density at radius 1 is 1.38 bits per heavy atom. The van der Waals surface area contributed by atoms with Gasteiger partial charge in [0.25, 0.3) is 0 Å². The molecular weight excluding hydrogens is 505 g/mol. The lowest BCUT2D eigenvalue weighted by Crippen LogP contribution is -2.39. The molecule has 3 N–H and O–H groups in total. The van der Waals surface area contributed by atoms with Crippen molar-refractivity contribution >= 4 is 41.5 Å². The van der Waals surface area contributed by atoms with Crippen LogP contribution in [0.2, 0.25) is 5.02 Å². The number of rotatable bonds is 9. The second-order valence-corrected chi connectivity index (χ2v) is 7.35. The van der Waals surface area contributed by atoms with E-state index in [1.165, 1.54) is 0 Å². The van der Waals surface area contributed by atoms with Crippen molar-refractivity contribution in [1.29, 1.82) is 0 Å². The Morgan fingerprint density at radius 2 is 2.14 bits per heavy atom. The first kappa shape index (κ1) is 25.5. The number of aromatic nitrogens is 2. The number of guanidine groups is 1. The SMILES string of the molecule is CCNC(=NCC(C)(O)c1cnn(C)c1)NCCCOc1ccc(Cl)cc1C.I. The van der Waals surface area contributed by atoms with Gasteiger partial charge in [0.2, 0.25) is 0 Å². The van der Waals surface area contributed by atoms with E-state index in [9.17, 15) is 5.11 Å². The van der Waals surface area contributed by atoms with E-state index in [1.807, 2.05) is 39.1 Å². The first-order valence-electron chi connectivity index (χ1n) is 9.44. The molecule has 1 aromatic carbocycles. The average Bonchev–Trinajstić information content (AvgIpc) is 3.08. The van der Waals surface area contributed by atoms with E-state index in [0.29, 0.717) is 24.1 Å². The van der Waals surface area contributed by atoms with Crippen LogP contribution in [0.5, 0.6) is 5.75 Å². The highest BCUT2D eigenvalue weighted by Crippen LogP contribution is 2.22. The number of aliphatic imine (C=N–C) groups is 1. The molecule has 9 heteroatoms. The quantitative estimate of drug-likeness (QED) is 0.199. The van der Waals surface area contributed by atoms with Crippen LogP contribution in [0.3, 0.4) is 0 Å². The van der Waals surface area contributed by atoms with Crippen LogP contribution in [0.25, 0.3) is 0 Å². The summed E-state index contributed by atoms with van der Waals surface area (Å²) in [6.07, 6.45) is 4.27. The minimum atomic E-state index is -1.08. The number of hydrogen-bond donors (Lipinski definition) is 3. The van der Waals surface area contributed by atoms with Crippen molar-refractivity contribution < 1.29 is 9.84 Å². The van der Waals surface area contributed by atoms with Gasteiger partial charge in [-0.25, -0.2) is 4.99 Å². The Hall–Kier alpha value is -1.52. The molecule has 1 aromatic heterocycles. The van der Waals surface area contributed by atoms with Gasteiger partial charge in [0.1, 0.15) is 11.4 Å². The number of aliphatic hydroxyl groups is 1. The Kier molecular flexibility index (Phi) is 10.8. The van der Waals surface area contributed by atoms with Crippen molar-refractivity contribution in [3.8, 4) is 5.75 Å². The summed E-state index contributed by atoms with van der Waals surface area (Å²) in [6.45, 7) is 7.97. The van der Waals surface area contributed by atoms with E-state index in [0.717, 1.165) is 29.8 Å². The molecular formula is C20H31ClIN5O2. The number of aryl methyl sites for hydroxylation is 2. The third-order valence-electron chi connectivity index (χ3n) is 4.22.